The first-order valence-corrected chi connectivity index (χ1v) is 18.5. The molecule has 0 bridgehead atoms. The molecule has 1 aliphatic rings. The Balaban J connectivity index is 2.39. The summed E-state index contributed by atoms with van der Waals surface area (Å²) in [6.45, 7) is 26.5. The third kappa shape index (κ3) is 4.60. The van der Waals surface area contributed by atoms with Crippen molar-refractivity contribution in [3.63, 3.8) is 0 Å². The molecule has 0 fully saturated rings. The molecule has 0 aromatic heterocycles. The third-order valence-electron chi connectivity index (χ3n) is 6.34. The van der Waals surface area contributed by atoms with E-state index in [1.807, 2.05) is 0 Å². The number of hydrogen-bond acceptors (Lipinski definition) is 0. The maximum atomic E-state index is 2.55. The second-order valence-electron chi connectivity index (χ2n) is 12.5. The van der Waals surface area contributed by atoms with Crippen molar-refractivity contribution in [1.29, 1.82) is 0 Å². The summed E-state index contributed by atoms with van der Waals surface area (Å²) in [4.78, 5) is 0. The zero-order chi connectivity index (χ0) is 22.6. The predicted octanol–water partition coefficient (Wildman–Crippen LogP) is 7.35. The monoisotopic (exact) mass is 433 g/mol. The van der Waals surface area contributed by atoms with Crippen LogP contribution in [-0.4, -0.2) is 16.1 Å². The minimum absolute atomic E-state index is 0.104. The van der Waals surface area contributed by atoms with Gasteiger partial charge in [0.1, 0.15) is 0 Å². The molecule has 0 unspecified atom stereocenters. The molecule has 30 heavy (non-hydrogen) atoms. The Kier molecular flexibility index (Phi) is 5.92. The van der Waals surface area contributed by atoms with Crippen LogP contribution in [-0.2, 0) is 5.41 Å². The van der Waals surface area contributed by atoms with Gasteiger partial charge in [0.15, 0.2) is 0 Å². The minimum Gasteiger partial charge on any atom is -0.0656 e. The van der Waals surface area contributed by atoms with Gasteiger partial charge in [0.2, 0.25) is 0 Å². The van der Waals surface area contributed by atoms with E-state index in [2.05, 4.69) is 117 Å². The van der Waals surface area contributed by atoms with E-state index in [4.69, 9.17) is 0 Å². The Hall–Kier alpha value is -1.39. The van der Waals surface area contributed by atoms with Gasteiger partial charge in [-0.2, -0.15) is 0 Å². The first-order chi connectivity index (χ1) is 13.6. The van der Waals surface area contributed by atoms with Crippen LogP contribution >= 0.6 is 0 Å². The van der Waals surface area contributed by atoms with Crippen molar-refractivity contribution < 1.29 is 0 Å². The van der Waals surface area contributed by atoms with Gasteiger partial charge >= 0.3 is 0 Å². The Morgan fingerprint density at radius 1 is 0.767 bits per heavy atom. The van der Waals surface area contributed by atoms with Crippen LogP contribution in [0.25, 0.3) is 17.2 Å². The van der Waals surface area contributed by atoms with Crippen molar-refractivity contribution in [3.05, 3.63) is 59.0 Å². The van der Waals surface area contributed by atoms with Gasteiger partial charge in [0.25, 0.3) is 0 Å². The molecule has 3 rings (SSSR count). The second kappa shape index (κ2) is 7.63. The Morgan fingerprint density at radius 2 is 1.30 bits per heavy atom. The van der Waals surface area contributed by atoms with E-state index in [0.29, 0.717) is 5.92 Å². The zero-order valence-electron chi connectivity index (χ0n) is 21.1. The van der Waals surface area contributed by atoms with Crippen LogP contribution in [0.3, 0.4) is 0 Å². The SMILES string of the molecule is CC(C)C1=Cc2c(ccc(C(C)(C)C)c2-c2cc([Si](C)(C)C)cc([Si](C)(C)C)c2)[CH]1. The molecule has 0 aliphatic heterocycles. The number of hydrogen-bond donors (Lipinski definition) is 0. The van der Waals surface area contributed by atoms with E-state index in [0.717, 1.165) is 0 Å². The quantitative estimate of drug-likeness (QED) is 0.442. The van der Waals surface area contributed by atoms with Gasteiger partial charge in [-0.3, -0.25) is 0 Å². The summed E-state index contributed by atoms with van der Waals surface area (Å²) in [6.07, 6.45) is 4.86. The highest BCUT2D eigenvalue weighted by molar-refractivity contribution is 6.91. The summed E-state index contributed by atoms with van der Waals surface area (Å²) >= 11 is 0. The summed E-state index contributed by atoms with van der Waals surface area (Å²) in [5.74, 6) is 0.550. The van der Waals surface area contributed by atoms with E-state index in [-0.39, 0.29) is 5.41 Å². The van der Waals surface area contributed by atoms with Gasteiger partial charge in [-0.15, -0.1) is 0 Å². The molecule has 0 spiro atoms. The van der Waals surface area contributed by atoms with Gasteiger partial charge < -0.3 is 0 Å². The molecule has 1 aliphatic carbocycles. The number of rotatable bonds is 4. The smallest absolute Gasteiger partial charge is 0.0656 e. The number of fused-ring (bicyclic) bond motifs is 1. The van der Waals surface area contributed by atoms with E-state index in [1.165, 1.54) is 33.4 Å². The molecule has 0 amide bonds. The Labute approximate surface area is 187 Å². The molecule has 0 saturated heterocycles. The van der Waals surface area contributed by atoms with E-state index in [9.17, 15) is 0 Å². The van der Waals surface area contributed by atoms with Crippen LogP contribution in [0.4, 0.5) is 0 Å². The predicted molar refractivity (Wildman–Crippen MR) is 143 cm³/mol. The second-order valence-corrected chi connectivity index (χ2v) is 22.6. The van der Waals surface area contributed by atoms with Crippen LogP contribution in [0, 0.1) is 12.3 Å². The lowest BCUT2D eigenvalue weighted by Crippen LogP contribution is -2.45. The molecule has 0 nitrogen and oxygen atoms in total. The normalized spacial score (nSPS) is 14.9. The summed E-state index contributed by atoms with van der Waals surface area (Å²) in [6, 6.07) is 12.3. The Morgan fingerprint density at radius 3 is 1.73 bits per heavy atom. The van der Waals surface area contributed by atoms with Crippen LogP contribution in [0.15, 0.2) is 35.9 Å². The summed E-state index contributed by atoms with van der Waals surface area (Å²) in [5, 5.41) is 3.18. The molecule has 161 valence electrons. The van der Waals surface area contributed by atoms with E-state index < -0.39 is 16.1 Å². The van der Waals surface area contributed by atoms with Crippen molar-refractivity contribution in [2.24, 2.45) is 5.92 Å². The van der Waals surface area contributed by atoms with Crippen molar-refractivity contribution >= 4 is 32.6 Å². The number of benzene rings is 2. The molecule has 0 heterocycles. The van der Waals surface area contributed by atoms with Crippen LogP contribution < -0.4 is 10.4 Å². The molecule has 2 heteroatoms. The fraction of sp³-hybridized carbons (Fsp3) is 0.464. The maximum absolute atomic E-state index is 2.55. The molecule has 2 aromatic carbocycles. The maximum Gasteiger partial charge on any atom is 0.0776 e. The molecule has 0 N–H and O–H groups in total. The number of allylic oxidation sites excluding steroid dienone is 1. The van der Waals surface area contributed by atoms with Gasteiger partial charge in [0, 0.05) is 6.42 Å². The minimum atomic E-state index is -1.43. The van der Waals surface area contributed by atoms with Crippen molar-refractivity contribution in [1.82, 2.24) is 0 Å². The summed E-state index contributed by atoms with van der Waals surface area (Å²) in [5.41, 5.74) is 8.73. The molecular weight excluding hydrogens is 392 g/mol. The lowest BCUT2D eigenvalue weighted by atomic mass is 9.79. The lowest BCUT2D eigenvalue weighted by Gasteiger charge is -2.28. The highest BCUT2D eigenvalue weighted by atomic mass is 28.3. The summed E-state index contributed by atoms with van der Waals surface area (Å²) < 4.78 is 0. The lowest BCUT2D eigenvalue weighted by molar-refractivity contribution is 0.592. The van der Waals surface area contributed by atoms with Crippen LogP contribution in [0.5, 0.6) is 0 Å². The van der Waals surface area contributed by atoms with Crippen molar-refractivity contribution in [2.75, 3.05) is 0 Å². The average Bonchev–Trinajstić information content (AvgIpc) is 3.02. The molecule has 2 aromatic rings. The zero-order valence-corrected chi connectivity index (χ0v) is 23.1. The van der Waals surface area contributed by atoms with Gasteiger partial charge in [-0.1, -0.05) is 126 Å². The van der Waals surface area contributed by atoms with Gasteiger partial charge in [0.05, 0.1) is 16.1 Å². The fourth-order valence-corrected chi connectivity index (χ4v) is 6.71. The first kappa shape index (κ1) is 23.3. The third-order valence-corrected chi connectivity index (χ3v) is 10.4. The van der Waals surface area contributed by atoms with E-state index in [1.54, 1.807) is 10.4 Å². The molecular formula is C28H41Si2. The Bertz CT molecular complexity index is 955. The van der Waals surface area contributed by atoms with Crippen LogP contribution in [0.2, 0.25) is 39.3 Å². The van der Waals surface area contributed by atoms with E-state index >= 15 is 0 Å². The first-order valence-electron chi connectivity index (χ1n) is 11.5. The molecule has 0 saturated carbocycles. The van der Waals surface area contributed by atoms with Crippen molar-refractivity contribution in [3.8, 4) is 11.1 Å². The topological polar surface area (TPSA) is 0 Å². The highest BCUT2D eigenvalue weighted by Crippen LogP contribution is 2.42. The van der Waals surface area contributed by atoms with Gasteiger partial charge in [-0.05, 0) is 39.2 Å². The average molecular weight is 434 g/mol. The molecule has 1 radical (unpaired) electrons. The standard InChI is InChI=1S/C28H41Si2/c1-19(2)21-14-20-12-13-26(28(3,4)5)27(25(20)17-21)22-15-23(29(6,7)8)18-24(16-22)30(9,10)11/h12-19H,1-11H3. The molecule has 0 atom stereocenters. The van der Waals surface area contributed by atoms with Gasteiger partial charge in [-0.25, -0.2) is 0 Å². The largest absolute Gasteiger partial charge is 0.0776 e. The van der Waals surface area contributed by atoms with Crippen LogP contribution in [0.1, 0.15) is 51.3 Å². The van der Waals surface area contributed by atoms with Crippen molar-refractivity contribution in [2.45, 2.75) is 79.3 Å². The summed E-state index contributed by atoms with van der Waals surface area (Å²) in [7, 11) is -2.86. The highest BCUT2D eigenvalue weighted by Gasteiger charge is 2.29. The fourth-order valence-electron chi connectivity index (χ4n) is 4.21.